The summed E-state index contributed by atoms with van der Waals surface area (Å²) in [5, 5.41) is 2.67. The fraction of sp³-hybridized carbons (Fsp3) is 0.333. The standard InChI is InChI=1S/C21H23NO8S/c1-6-29-21(26)16-11(2)18(12(3)23)31-19(16)22-15(24)10-30-20(25)13-8-7-9-14(27-4)17(13)28-5/h7-9H,6,10H2,1-5H3,(H,22,24). The number of rotatable bonds is 9. The maximum Gasteiger partial charge on any atom is 0.342 e. The number of para-hydroxylation sites is 1. The van der Waals surface area contributed by atoms with Crippen molar-refractivity contribution in [2.45, 2.75) is 20.8 Å². The highest BCUT2D eigenvalue weighted by Crippen LogP contribution is 2.34. The summed E-state index contributed by atoms with van der Waals surface area (Å²) < 4.78 is 20.4. The van der Waals surface area contributed by atoms with E-state index in [0.29, 0.717) is 16.2 Å². The summed E-state index contributed by atoms with van der Waals surface area (Å²) in [7, 11) is 2.81. The lowest BCUT2D eigenvalue weighted by Gasteiger charge is -2.12. The van der Waals surface area contributed by atoms with Gasteiger partial charge in [-0.05, 0) is 38.5 Å². The Hall–Kier alpha value is -3.40. The summed E-state index contributed by atoms with van der Waals surface area (Å²) in [6.45, 7) is 4.13. The van der Waals surface area contributed by atoms with Crippen molar-refractivity contribution in [3.63, 3.8) is 0 Å². The summed E-state index contributed by atoms with van der Waals surface area (Å²) in [5.41, 5.74) is 0.614. The molecule has 0 bridgehead atoms. The van der Waals surface area contributed by atoms with Crippen LogP contribution in [0.3, 0.4) is 0 Å². The number of Topliss-reactive ketones (excluding diaryl/α,β-unsaturated/α-hetero) is 1. The molecule has 0 radical (unpaired) electrons. The van der Waals surface area contributed by atoms with Crippen LogP contribution in [0.15, 0.2) is 18.2 Å². The van der Waals surface area contributed by atoms with Gasteiger partial charge < -0.3 is 24.3 Å². The Morgan fingerprint density at radius 3 is 2.32 bits per heavy atom. The molecule has 0 fully saturated rings. The number of amides is 1. The lowest BCUT2D eigenvalue weighted by molar-refractivity contribution is -0.119. The Morgan fingerprint density at radius 2 is 1.74 bits per heavy atom. The van der Waals surface area contributed by atoms with E-state index in [2.05, 4.69) is 5.32 Å². The Kier molecular flexibility index (Phi) is 8.14. The SMILES string of the molecule is CCOC(=O)c1c(NC(=O)COC(=O)c2cccc(OC)c2OC)sc(C(C)=O)c1C. The second kappa shape index (κ2) is 10.6. The van der Waals surface area contributed by atoms with Gasteiger partial charge in [0.05, 0.1) is 31.3 Å². The number of ketones is 1. The quantitative estimate of drug-likeness (QED) is 0.458. The van der Waals surface area contributed by atoms with Crippen LogP contribution < -0.4 is 14.8 Å². The van der Waals surface area contributed by atoms with Gasteiger partial charge in [0, 0.05) is 0 Å². The molecule has 0 spiro atoms. The summed E-state index contributed by atoms with van der Waals surface area (Å²) in [6.07, 6.45) is 0. The number of carbonyl (C=O) groups is 4. The average molecular weight is 449 g/mol. The zero-order chi connectivity index (χ0) is 23.1. The van der Waals surface area contributed by atoms with Crippen LogP contribution in [0, 0.1) is 6.92 Å². The van der Waals surface area contributed by atoms with E-state index in [1.807, 2.05) is 0 Å². The second-order valence-electron chi connectivity index (χ2n) is 6.20. The molecule has 2 aromatic rings. The minimum atomic E-state index is -0.789. The van der Waals surface area contributed by atoms with Gasteiger partial charge in [-0.3, -0.25) is 9.59 Å². The molecular weight excluding hydrogens is 426 g/mol. The van der Waals surface area contributed by atoms with Crippen molar-refractivity contribution in [1.82, 2.24) is 0 Å². The van der Waals surface area contributed by atoms with Crippen molar-refractivity contribution in [3.05, 3.63) is 39.8 Å². The number of hydrogen-bond acceptors (Lipinski definition) is 9. The number of ether oxygens (including phenoxy) is 4. The van der Waals surface area contributed by atoms with Gasteiger partial charge in [-0.2, -0.15) is 0 Å². The molecule has 10 heteroatoms. The van der Waals surface area contributed by atoms with Crippen LogP contribution in [0.1, 0.15) is 49.8 Å². The molecule has 0 aliphatic rings. The number of nitrogens with one attached hydrogen (secondary N) is 1. The highest BCUT2D eigenvalue weighted by molar-refractivity contribution is 7.18. The lowest BCUT2D eigenvalue weighted by Crippen LogP contribution is -2.22. The highest BCUT2D eigenvalue weighted by Gasteiger charge is 2.26. The first kappa shape index (κ1) is 23.9. The van der Waals surface area contributed by atoms with Gasteiger partial charge in [0.2, 0.25) is 0 Å². The largest absolute Gasteiger partial charge is 0.493 e. The number of thiophene rings is 1. The van der Waals surface area contributed by atoms with E-state index in [0.717, 1.165) is 11.3 Å². The van der Waals surface area contributed by atoms with Crippen molar-refractivity contribution in [3.8, 4) is 11.5 Å². The predicted octanol–water partition coefficient (Wildman–Crippen LogP) is 3.25. The molecule has 1 amide bonds. The van der Waals surface area contributed by atoms with Crippen molar-refractivity contribution >= 4 is 40.0 Å². The Morgan fingerprint density at radius 1 is 1.03 bits per heavy atom. The second-order valence-corrected chi connectivity index (χ2v) is 7.22. The highest BCUT2D eigenvalue weighted by atomic mass is 32.1. The average Bonchev–Trinajstić information content (AvgIpc) is 3.07. The van der Waals surface area contributed by atoms with Crippen LogP contribution in [0.5, 0.6) is 11.5 Å². The van der Waals surface area contributed by atoms with Crippen LogP contribution in [0.4, 0.5) is 5.00 Å². The number of anilines is 1. The van der Waals surface area contributed by atoms with Crippen molar-refractivity contribution in [2.24, 2.45) is 0 Å². The minimum absolute atomic E-state index is 0.0905. The van der Waals surface area contributed by atoms with Crippen molar-refractivity contribution < 1.29 is 38.1 Å². The van der Waals surface area contributed by atoms with E-state index in [4.69, 9.17) is 18.9 Å². The molecule has 0 aliphatic heterocycles. The molecular formula is C21H23NO8S. The molecule has 0 unspecified atom stereocenters. The number of benzene rings is 1. The fourth-order valence-corrected chi connectivity index (χ4v) is 3.91. The van der Waals surface area contributed by atoms with Gasteiger partial charge in [0.15, 0.2) is 23.9 Å². The number of carbonyl (C=O) groups excluding carboxylic acids is 4. The molecule has 9 nitrogen and oxygen atoms in total. The molecule has 0 saturated heterocycles. The van der Waals surface area contributed by atoms with Gasteiger partial charge in [-0.25, -0.2) is 9.59 Å². The first-order chi connectivity index (χ1) is 14.7. The minimum Gasteiger partial charge on any atom is -0.493 e. The molecule has 1 aromatic heterocycles. The summed E-state index contributed by atoms with van der Waals surface area (Å²) in [4.78, 5) is 49.2. The molecule has 0 aliphatic carbocycles. The van der Waals surface area contributed by atoms with E-state index >= 15 is 0 Å². The molecule has 1 aromatic carbocycles. The van der Waals surface area contributed by atoms with E-state index in [9.17, 15) is 19.2 Å². The van der Waals surface area contributed by atoms with Crippen LogP contribution in [-0.4, -0.2) is 51.1 Å². The van der Waals surface area contributed by atoms with Gasteiger partial charge in [0.1, 0.15) is 10.6 Å². The Balaban J connectivity index is 2.17. The van der Waals surface area contributed by atoms with E-state index in [-0.39, 0.29) is 34.3 Å². The van der Waals surface area contributed by atoms with Gasteiger partial charge in [-0.15, -0.1) is 11.3 Å². The lowest BCUT2D eigenvalue weighted by atomic mass is 10.1. The third-order valence-electron chi connectivity index (χ3n) is 4.16. The number of methoxy groups -OCH3 is 2. The normalized spacial score (nSPS) is 10.2. The van der Waals surface area contributed by atoms with Crippen molar-refractivity contribution in [1.29, 1.82) is 0 Å². The molecule has 0 atom stereocenters. The summed E-state index contributed by atoms with van der Waals surface area (Å²) in [6, 6.07) is 4.68. The van der Waals surface area contributed by atoms with E-state index in [1.54, 1.807) is 26.0 Å². The predicted molar refractivity (Wildman–Crippen MR) is 113 cm³/mol. The molecule has 166 valence electrons. The fourth-order valence-electron chi connectivity index (χ4n) is 2.81. The molecule has 31 heavy (non-hydrogen) atoms. The molecule has 2 rings (SSSR count). The maximum absolute atomic E-state index is 12.4. The smallest absolute Gasteiger partial charge is 0.342 e. The first-order valence-corrected chi connectivity index (χ1v) is 10.1. The molecule has 1 N–H and O–H groups in total. The topological polar surface area (TPSA) is 117 Å². The number of hydrogen-bond donors (Lipinski definition) is 1. The Labute approximate surface area is 183 Å². The zero-order valence-electron chi connectivity index (χ0n) is 17.8. The molecule has 1 heterocycles. The number of esters is 2. The monoisotopic (exact) mass is 449 g/mol. The zero-order valence-corrected chi connectivity index (χ0v) is 18.6. The van der Waals surface area contributed by atoms with Crippen LogP contribution in [0.2, 0.25) is 0 Å². The van der Waals surface area contributed by atoms with Gasteiger partial charge in [-0.1, -0.05) is 6.07 Å². The van der Waals surface area contributed by atoms with Gasteiger partial charge in [0.25, 0.3) is 5.91 Å². The summed E-state index contributed by atoms with van der Waals surface area (Å²) >= 11 is 0.959. The van der Waals surface area contributed by atoms with Crippen LogP contribution >= 0.6 is 11.3 Å². The van der Waals surface area contributed by atoms with Crippen molar-refractivity contribution in [2.75, 3.05) is 32.8 Å². The third kappa shape index (κ3) is 5.40. The first-order valence-electron chi connectivity index (χ1n) is 9.24. The van der Waals surface area contributed by atoms with Crippen LogP contribution in [-0.2, 0) is 14.3 Å². The van der Waals surface area contributed by atoms with Crippen LogP contribution in [0.25, 0.3) is 0 Å². The van der Waals surface area contributed by atoms with E-state index < -0.39 is 24.5 Å². The van der Waals surface area contributed by atoms with Gasteiger partial charge >= 0.3 is 11.9 Å². The van der Waals surface area contributed by atoms with E-state index in [1.165, 1.54) is 27.2 Å². The molecule has 0 saturated carbocycles. The third-order valence-corrected chi connectivity index (χ3v) is 5.46. The Bertz CT molecular complexity index is 1010. The maximum atomic E-state index is 12.4. The summed E-state index contributed by atoms with van der Waals surface area (Å²) in [5.74, 6) is -1.85.